The van der Waals surface area contributed by atoms with Gasteiger partial charge in [0.1, 0.15) is 11.9 Å². The van der Waals surface area contributed by atoms with E-state index in [1.165, 1.54) is 0 Å². The van der Waals surface area contributed by atoms with Gasteiger partial charge in [0.05, 0.1) is 44.8 Å². The molecular weight excluding hydrogens is 384 g/mol. The summed E-state index contributed by atoms with van der Waals surface area (Å²) in [5.41, 5.74) is 0.993. The molecule has 1 aliphatic carbocycles. The van der Waals surface area contributed by atoms with E-state index in [1.54, 1.807) is 0 Å². The Labute approximate surface area is 176 Å². The third-order valence-electron chi connectivity index (χ3n) is 6.56. The highest BCUT2D eigenvalue weighted by atomic mass is 28.4. The molecule has 6 nitrogen and oxygen atoms in total. The van der Waals surface area contributed by atoms with E-state index < -0.39 is 8.32 Å². The Bertz CT molecular complexity index is 636. The minimum atomic E-state index is -1.77. The van der Waals surface area contributed by atoms with Gasteiger partial charge in [0.25, 0.3) is 0 Å². The molecule has 0 radical (unpaired) electrons. The Morgan fingerprint density at radius 2 is 1.90 bits per heavy atom. The van der Waals surface area contributed by atoms with Crippen LogP contribution in [0.3, 0.4) is 0 Å². The SMILES string of the molecule is CC(C)(C)[Si](C)(C)OCc1ccnc([C@H]2CC[C@H](OCC3COCCO3)CC2)n1. The number of hydrogen-bond acceptors (Lipinski definition) is 6. The van der Waals surface area contributed by atoms with Gasteiger partial charge in [-0.25, -0.2) is 9.97 Å². The molecular formula is C22H38N2O4Si. The summed E-state index contributed by atoms with van der Waals surface area (Å²) < 4.78 is 23.5. The van der Waals surface area contributed by atoms with Gasteiger partial charge in [-0.05, 0) is 49.9 Å². The lowest BCUT2D eigenvalue weighted by atomic mass is 9.86. The van der Waals surface area contributed by atoms with Crippen molar-refractivity contribution in [2.75, 3.05) is 26.4 Å². The number of aromatic nitrogens is 2. The van der Waals surface area contributed by atoms with Gasteiger partial charge in [-0.1, -0.05) is 20.8 Å². The molecule has 2 aliphatic rings. The maximum Gasteiger partial charge on any atom is 0.192 e. The van der Waals surface area contributed by atoms with Gasteiger partial charge in [-0.3, -0.25) is 0 Å². The topological polar surface area (TPSA) is 62.7 Å². The summed E-state index contributed by atoms with van der Waals surface area (Å²) in [6.45, 7) is 14.6. The largest absolute Gasteiger partial charge is 0.411 e. The van der Waals surface area contributed by atoms with Crippen molar-refractivity contribution in [1.82, 2.24) is 9.97 Å². The van der Waals surface area contributed by atoms with Crippen LogP contribution in [0.1, 0.15) is 63.9 Å². The first kappa shape index (κ1) is 22.8. The molecule has 0 amide bonds. The fourth-order valence-corrected chi connectivity index (χ4v) is 4.47. The van der Waals surface area contributed by atoms with Crippen LogP contribution in [0.25, 0.3) is 0 Å². The number of nitrogens with zero attached hydrogens (tertiary/aromatic N) is 2. The average Bonchev–Trinajstić information content (AvgIpc) is 2.71. The molecule has 0 aromatic carbocycles. The summed E-state index contributed by atoms with van der Waals surface area (Å²) >= 11 is 0. The van der Waals surface area contributed by atoms with Crippen molar-refractivity contribution in [1.29, 1.82) is 0 Å². The molecule has 29 heavy (non-hydrogen) atoms. The van der Waals surface area contributed by atoms with Crippen LogP contribution in [0, 0.1) is 0 Å². The van der Waals surface area contributed by atoms with Gasteiger partial charge in [-0.15, -0.1) is 0 Å². The molecule has 2 fully saturated rings. The third kappa shape index (κ3) is 6.56. The van der Waals surface area contributed by atoms with Crippen LogP contribution in [0.2, 0.25) is 18.1 Å². The Morgan fingerprint density at radius 3 is 2.55 bits per heavy atom. The second-order valence-electron chi connectivity index (χ2n) is 9.83. The molecule has 0 bridgehead atoms. The summed E-state index contributed by atoms with van der Waals surface area (Å²) in [7, 11) is -1.77. The Balaban J connectivity index is 1.46. The third-order valence-corrected chi connectivity index (χ3v) is 11.0. The van der Waals surface area contributed by atoms with E-state index in [0.717, 1.165) is 37.2 Å². The van der Waals surface area contributed by atoms with Crippen molar-refractivity contribution in [3.8, 4) is 0 Å². The van der Waals surface area contributed by atoms with Crippen LogP contribution in [-0.4, -0.2) is 56.9 Å². The van der Waals surface area contributed by atoms with E-state index in [9.17, 15) is 0 Å². The van der Waals surface area contributed by atoms with Gasteiger partial charge in [0.2, 0.25) is 0 Å². The van der Waals surface area contributed by atoms with Gasteiger partial charge in [0.15, 0.2) is 8.32 Å². The molecule has 0 N–H and O–H groups in total. The highest BCUT2D eigenvalue weighted by Crippen LogP contribution is 2.37. The maximum absolute atomic E-state index is 6.34. The number of hydrogen-bond donors (Lipinski definition) is 0. The first-order chi connectivity index (χ1) is 13.7. The molecule has 1 unspecified atom stereocenters. The number of rotatable bonds is 7. The van der Waals surface area contributed by atoms with E-state index in [2.05, 4.69) is 38.8 Å². The minimum absolute atomic E-state index is 0.0855. The molecule has 1 aromatic heterocycles. The van der Waals surface area contributed by atoms with E-state index in [4.69, 9.17) is 23.6 Å². The second kappa shape index (κ2) is 9.96. The summed E-state index contributed by atoms with van der Waals surface area (Å²) in [5, 5.41) is 0.204. The van der Waals surface area contributed by atoms with Gasteiger partial charge in [-0.2, -0.15) is 0 Å². The molecule has 1 saturated heterocycles. The van der Waals surface area contributed by atoms with Gasteiger partial charge >= 0.3 is 0 Å². The van der Waals surface area contributed by atoms with Crippen LogP contribution in [-0.2, 0) is 25.2 Å². The van der Waals surface area contributed by atoms with E-state index in [0.29, 0.717) is 45.1 Å². The van der Waals surface area contributed by atoms with Crippen LogP contribution in [0.4, 0.5) is 0 Å². The Hall–Kier alpha value is -0.863. The standard InChI is InChI=1S/C22H38N2O4Si/c1-22(2,3)29(4,5)28-14-18-10-11-23-21(24-18)17-6-8-19(9-7-17)27-16-20-15-25-12-13-26-20/h10-11,17,19-20H,6-9,12-16H2,1-5H3/t17-,19-,20?. The van der Waals surface area contributed by atoms with E-state index in [-0.39, 0.29) is 11.1 Å². The lowest BCUT2D eigenvalue weighted by Gasteiger charge is -2.36. The van der Waals surface area contributed by atoms with Crippen molar-refractivity contribution in [3.05, 3.63) is 23.8 Å². The van der Waals surface area contributed by atoms with E-state index >= 15 is 0 Å². The predicted octanol–water partition coefficient (Wildman–Crippen LogP) is 4.46. The second-order valence-corrected chi connectivity index (χ2v) is 14.6. The van der Waals surface area contributed by atoms with Crippen LogP contribution < -0.4 is 0 Å². The summed E-state index contributed by atoms with van der Waals surface area (Å²) in [5.74, 6) is 1.38. The van der Waals surface area contributed by atoms with Crippen LogP contribution >= 0.6 is 0 Å². The lowest BCUT2D eigenvalue weighted by Crippen LogP contribution is -2.40. The average molecular weight is 423 g/mol. The Kier molecular flexibility index (Phi) is 7.84. The number of ether oxygens (including phenoxy) is 3. The van der Waals surface area contributed by atoms with Crippen molar-refractivity contribution >= 4 is 8.32 Å². The van der Waals surface area contributed by atoms with Crippen molar-refractivity contribution in [2.45, 2.75) is 89.3 Å². The van der Waals surface area contributed by atoms with Crippen molar-refractivity contribution in [2.24, 2.45) is 0 Å². The zero-order valence-corrected chi connectivity index (χ0v) is 19.8. The molecule has 1 aliphatic heterocycles. The molecule has 1 aromatic rings. The lowest BCUT2D eigenvalue weighted by molar-refractivity contribution is -0.128. The monoisotopic (exact) mass is 422 g/mol. The fraction of sp³-hybridized carbons (Fsp3) is 0.818. The zero-order valence-electron chi connectivity index (χ0n) is 18.8. The Morgan fingerprint density at radius 1 is 1.14 bits per heavy atom. The molecule has 1 atom stereocenters. The molecule has 0 spiro atoms. The molecule has 3 rings (SSSR count). The molecule has 7 heteroatoms. The zero-order chi connectivity index (χ0) is 20.9. The van der Waals surface area contributed by atoms with E-state index in [1.807, 2.05) is 12.3 Å². The summed E-state index contributed by atoms with van der Waals surface area (Å²) in [4.78, 5) is 9.40. The molecule has 2 heterocycles. The quantitative estimate of drug-likeness (QED) is 0.605. The summed E-state index contributed by atoms with van der Waals surface area (Å²) in [6, 6.07) is 1.98. The highest BCUT2D eigenvalue weighted by Gasteiger charge is 2.37. The molecule has 1 saturated carbocycles. The van der Waals surface area contributed by atoms with Crippen LogP contribution in [0.5, 0.6) is 0 Å². The van der Waals surface area contributed by atoms with Gasteiger partial charge < -0.3 is 18.6 Å². The highest BCUT2D eigenvalue weighted by molar-refractivity contribution is 6.74. The van der Waals surface area contributed by atoms with Gasteiger partial charge in [0, 0.05) is 12.1 Å². The predicted molar refractivity (Wildman–Crippen MR) is 116 cm³/mol. The first-order valence-electron chi connectivity index (χ1n) is 11.0. The minimum Gasteiger partial charge on any atom is -0.411 e. The van der Waals surface area contributed by atoms with Crippen molar-refractivity contribution < 1.29 is 18.6 Å². The fourth-order valence-electron chi connectivity index (χ4n) is 3.52. The van der Waals surface area contributed by atoms with Crippen LogP contribution in [0.15, 0.2) is 12.3 Å². The smallest absolute Gasteiger partial charge is 0.192 e. The maximum atomic E-state index is 6.34. The first-order valence-corrected chi connectivity index (χ1v) is 13.9. The van der Waals surface area contributed by atoms with Crippen molar-refractivity contribution in [3.63, 3.8) is 0 Å². The molecule has 164 valence electrons. The summed E-state index contributed by atoms with van der Waals surface area (Å²) in [6.07, 6.45) is 6.51. The normalized spacial score (nSPS) is 26.4.